The number of hydrogen-bond donors (Lipinski definition) is 2. The van der Waals surface area contributed by atoms with Crippen LogP contribution in [0.15, 0.2) is 60.7 Å². The molecule has 0 bridgehead atoms. The van der Waals surface area contributed by atoms with E-state index in [-0.39, 0.29) is 6.61 Å². The van der Waals surface area contributed by atoms with Crippen LogP contribution in [0.4, 0.5) is 18.9 Å². The summed E-state index contributed by atoms with van der Waals surface area (Å²) >= 11 is 0. The van der Waals surface area contributed by atoms with Gasteiger partial charge in [-0.3, -0.25) is 4.79 Å². The summed E-state index contributed by atoms with van der Waals surface area (Å²) in [5, 5.41) is 11.9. The van der Waals surface area contributed by atoms with Gasteiger partial charge in [0.05, 0.1) is 17.7 Å². The van der Waals surface area contributed by atoms with Gasteiger partial charge >= 0.3 is 6.18 Å². The molecule has 0 atom stereocenters. The van der Waals surface area contributed by atoms with Gasteiger partial charge < -0.3 is 10.4 Å². The third-order valence-corrected chi connectivity index (χ3v) is 4.73. The molecular weight excluding hydrogens is 379 g/mol. The molecule has 0 aliphatic heterocycles. The van der Waals surface area contributed by atoms with Crippen LogP contribution in [0, 0.1) is 13.8 Å². The van der Waals surface area contributed by atoms with Crippen molar-refractivity contribution >= 4 is 11.6 Å². The Morgan fingerprint density at radius 1 is 0.931 bits per heavy atom. The number of rotatable bonds is 4. The lowest BCUT2D eigenvalue weighted by Gasteiger charge is -2.16. The van der Waals surface area contributed by atoms with Crippen LogP contribution >= 0.6 is 0 Å². The quantitative estimate of drug-likeness (QED) is 0.588. The predicted octanol–water partition coefficient (Wildman–Crippen LogP) is 5.73. The van der Waals surface area contributed by atoms with Crippen LogP contribution in [0.25, 0.3) is 11.1 Å². The molecule has 1 amide bonds. The zero-order chi connectivity index (χ0) is 21.2. The molecule has 0 spiro atoms. The Bertz CT molecular complexity index is 1040. The minimum Gasteiger partial charge on any atom is -0.392 e. The zero-order valence-electron chi connectivity index (χ0n) is 16.0. The van der Waals surface area contributed by atoms with E-state index in [0.29, 0.717) is 22.4 Å². The van der Waals surface area contributed by atoms with Gasteiger partial charge in [0.1, 0.15) is 0 Å². The van der Waals surface area contributed by atoms with Crippen molar-refractivity contribution in [2.75, 3.05) is 5.32 Å². The van der Waals surface area contributed by atoms with E-state index in [9.17, 15) is 23.1 Å². The molecule has 0 fully saturated rings. The van der Waals surface area contributed by atoms with Crippen LogP contribution < -0.4 is 5.32 Å². The van der Waals surface area contributed by atoms with E-state index < -0.39 is 23.2 Å². The number of halogens is 3. The molecule has 29 heavy (non-hydrogen) atoms. The van der Waals surface area contributed by atoms with Crippen molar-refractivity contribution in [3.05, 3.63) is 88.5 Å². The molecular formula is C23H20F3NO2. The number of carbonyl (C=O) groups excluding carboxylic acids is 1. The van der Waals surface area contributed by atoms with Crippen molar-refractivity contribution in [2.24, 2.45) is 0 Å². The Kier molecular flexibility index (Phi) is 5.75. The highest BCUT2D eigenvalue weighted by Gasteiger charge is 2.35. The first kappa shape index (κ1) is 20.6. The molecule has 0 aliphatic carbocycles. The first-order chi connectivity index (χ1) is 13.7. The molecule has 3 aromatic carbocycles. The van der Waals surface area contributed by atoms with E-state index in [0.717, 1.165) is 17.2 Å². The number of para-hydroxylation sites is 1. The lowest BCUT2D eigenvalue weighted by Crippen LogP contribution is -2.19. The zero-order valence-corrected chi connectivity index (χ0v) is 16.0. The summed E-state index contributed by atoms with van der Waals surface area (Å²) in [5.74, 6) is -0.824. The molecule has 0 heterocycles. The maximum Gasteiger partial charge on any atom is 0.417 e. The Morgan fingerprint density at radius 3 is 2.17 bits per heavy atom. The van der Waals surface area contributed by atoms with E-state index in [1.807, 2.05) is 6.07 Å². The number of nitrogens with one attached hydrogen (secondary N) is 1. The summed E-state index contributed by atoms with van der Waals surface area (Å²) in [6.07, 6.45) is -4.67. The highest BCUT2D eigenvalue weighted by Crippen LogP contribution is 2.35. The monoisotopic (exact) mass is 399 g/mol. The Balaban J connectivity index is 2.08. The SMILES string of the molecule is Cc1cccc(C)c1NC(=O)c1cc(-c2cccc(CO)c2)ccc1C(F)(F)F. The van der Waals surface area contributed by atoms with Crippen LogP contribution in [0.1, 0.15) is 32.6 Å². The summed E-state index contributed by atoms with van der Waals surface area (Å²) < 4.78 is 40.6. The minimum absolute atomic E-state index is 0.186. The van der Waals surface area contributed by atoms with Crippen LogP contribution in [-0.4, -0.2) is 11.0 Å². The molecule has 6 heteroatoms. The van der Waals surface area contributed by atoms with Crippen LogP contribution in [-0.2, 0) is 12.8 Å². The minimum atomic E-state index is -4.67. The van der Waals surface area contributed by atoms with Gasteiger partial charge in [-0.15, -0.1) is 0 Å². The highest BCUT2D eigenvalue weighted by atomic mass is 19.4. The van der Waals surface area contributed by atoms with Gasteiger partial charge in [0.25, 0.3) is 5.91 Å². The number of benzene rings is 3. The maximum absolute atomic E-state index is 13.5. The van der Waals surface area contributed by atoms with Crippen molar-refractivity contribution in [2.45, 2.75) is 26.6 Å². The van der Waals surface area contributed by atoms with E-state index in [2.05, 4.69) is 5.32 Å². The lowest BCUT2D eigenvalue weighted by molar-refractivity contribution is -0.137. The van der Waals surface area contributed by atoms with Gasteiger partial charge in [0, 0.05) is 5.69 Å². The second kappa shape index (κ2) is 8.09. The van der Waals surface area contributed by atoms with E-state index in [4.69, 9.17) is 0 Å². The Labute approximate surface area is 166 Å². The average Bonchev–Trinajstić information content (AvgIpc) is 2.69. The third-order valence-electron chi connectivity index (χ3n) is 4.73. The first-order valence-corrected chi connectivity index (χ1v) is 8.99. The largest absolute Gasteiger partial charge is 0.417 e. The fourth-order valence-electron chi connectivity index (χ4n) is 3.20. The molecule has 0 aromatic heterocycles. The van der Waals surface area contributed by atoms with Crippen molar-refractivity contribution in [3.8, 4) is 11.1 Å². The van der Waals surface area contributed by atoms with Gasteiger partial charge in [-0.25, -0.2) is 0 Å². The average molecular weight is 399 g/mol. The Morgan fingerprint density at radius 2 is 1.55 bits per heavy atom. The molecule has 0 aliphatic rings. The molecule has 0 unspecified atom stereocenters. The normalized spacial score (nSPS) is 11.4. The van der Waals surface area contributed by atoms with Crippen LogP contribution in [0.5, 0.6) is 0 Å². The molecule has 0 saturated heterocycles. The third kappa shape index (κ3) is 4.49. The smallest absolute Gasteiger partial charge is 0.392 e. The predicted molar refractivity (Wildman–Crippen MR) is 107 cm³/mol. The van der Waals surface area contributed by atoms with Gasteiger partial charge in [0.2, 0.25) is 0 Å². The number of aliphatic hydroxyl groups excluding tert-OH is 1. The topological polar surface area (TPSA) is 49.3 Å². The maximum atomic E-state index is 13.5. The summed E-state index contributed by atoms with van der Waals surface area (Å²) in [7, 11) is 0. The number of amides is 1. The molecule has 2 N–H and O–H groups in total. The number of aliphatic hydroxyl groups is 1. The number of alkyl halides is 3. The van der Waals surface area contributed by atoms with Crippen LogP contribution in [0.2, 0.25) is 0 Å². The number of aryl methyl sites for hydroxylation is 2. The summed E-state index contributed by atoms with van der Waals surface area (Å²) in [5.41, 5.74) is 2.28. The fourth-order valence-corrected chi connectivity index (χ4v) is 3.20. The number of hydrogen-bond acceptors (Lipinski definition) is 2. The molecule has 3 rings (SSSR count). The second-order valence-electron chi connectivity index (χ2n) is 6.84. The van der Waals surface area contributed by atoms with Crippen molar-refractivity contribution < 1.29 is 23.1 Å². The van der Waals surface area contributed by atoms with E-state index in [1.54, 1.807) is 50.2 Å². The molecule has 150 valence electrons. The Hall–Kier alpha value is -3.12. The summed E-state index contributed by atoms with van der Waals surface area (Å²) in [6.45, 7) is 3.38. The molecule has 3 nitrogen and oxygen atoms in total. The van der Waals surface area contributed by atoms with Gasteiger partial charge in [-0.1, -0.05) is 42.5 Å². The molecule has 0 radical (unpaired) electrons. The second-order valence-corrected chi connectivity index (χ2v) is 6.84. The lowest BCUT2D eigenvalue weighted by atomic mass is 9.97. The highest BCUT2D eigenvalue weighted by molar-refractivity contribution is 6.07. The summed E-state index contributed by atoms with van der Waals surface area (Å²) in [4.78, 5) is 12.8. The van der Waals surface area contributed by atoms with Crippen molar-refractivity contribution in [3.63, 3.8) is 0 Å². The van der Waals surface area contributed by atoms with E-state index in [1.165, 1.54) is 12.1 Å². The molecule has 0 saturated carbocycles. The van der Waals surface area contributed by atoms with Crippen molar-refractivity contribution in [1.82, 2.24) is 0 Å². The fraction of sp³-hybridized carbons (Fsp3) is 0.174. The standard InChI is InChI=1S/C23H20F3NO2/c1-14-5-3-6-15(2)21(14)27-22(29)19-12-18(9-10-20(19)23(24,25)26)17-8-4-7-16(11-17)13-28/h3-12,28H,13H2,1-2H3,(H,27,29). The van der Waals surface area contributed by atoms with Gasteiger partial charge in [-0.05, 0) is 59.9 Å². The van der Waals surface area contributed by atoms with Gasteiger partial charge in [-0.2, -0.15) is 13.2 Å². The van der Waals surface area contributed by atoms with E-state index >= 15 is 0 Å². The number of anilines is 1. The summed E-state index contributed by atoms with van der Waals surface area (Å²) in [6, 6.07) is 15.7. The number of carbonyl (C=O) groups is 1. The van der Waals surface area contributed by atoms with Gasteiger partial charge in [0.15, 0.2) is 0 Å². The van der Waals surface area contributed by atoms with Crippen molar-refractivity contribution in [1.29, 1.82) is 0 Å². The van der Waals surface area contributed by atoms with Crippen LogP contribution in [0.3, 0.4) is 0 Å². The molecule has 3 aromatic rings. The first-order valence-electron chi connectivity index (χ1n) is 8.99.